The number of hydrogen-bond donors (Lipinski definition) is 1. The van der Waals surface area contributed by atoms with Crippen LogP contribution in [0, 0.1) is 17.6 Å². The molecule has 2 heterocycles. The average Bonchev–Trinajstić information content (AvgIpc) is 2.74. The summed E-state index contributed by atoms with van der Waals surface area (Å²) in [6.07, 6.45) is 3.18. The molecule has 0 saturated carbocycles. The summed E-state index contributed by atoms with van der Waals surface area (Å²) in [4.78, 5) is 2.22. The standard InChI is InChI=1S/C14H18F2N2.ClH/c15-12-7-11-3-6-18(14(11)8-13(12)16)9-10-1-4-17-5-2-10;/h7-8,10,17H,1-6,9H2;1H. The fourth-order valence-electron chi connectivity index (χ4n) is 3.01. The molecule has 2 aliphatic heterocycles. The molecule has 0 spiro atoms. The minimum atomic E-state index is -0.731. The Labute approximate surface area is 118 Å². The van der Waals surface area contributed by atoms with Gasteiger partial charge >= 0.3 is 0 Å². The van der Waals surface area contributed by atoms with Gasteiger partial charge in [-0.3, -0.25) is 0 Å². The summed E-state index contributed by atoms with van der Waals surface area (Å²) >= 11 is 0. The molecule has 19 heavy (non-hydrogen) atoms. The van der Waals surface area contributed by atoms with Gasteiger partial charge in [0.05, 0.1) is 0 Å². The molecule has 0 radical (unpaired) electrons. The van der Waals surface area contributed by atoms with Crippen LogP contribution in [-0.4, -0.2) is 26.2 Å². The molecule has 2 nitrogen and oxygen atoms in total. The first-order valence-corrected chi connectivity index (χ1v) is 6.67. The lowest BCUT2D eigenvalue weighted by atomic mass is 9.97. The van der Waals surface area contributed by atoms with Crippen molar-refractivity contribution in [3.63, 3.8) is 0 Å². The minimum absolute atomic E-state index is 0. The van der Waals surface area contributed by atoms with Crippen LogP contribution in [0.3, 0.4) is 0 Å². The highest BCUT2D eigenvalue weighted by Gasteiger charge is 2.24. The lowest BCUT2D eigenvalue weighted by Gasteiger charge is -2.29. The number of benzene rings is 1. The predicted octanol–water partition coefficient (Wildman–Crippen LogP) is 2.75. The Morgan fingerprint density at radius 1 is 1.16 bits per heavy atom. The largest absolute Gasteiger partial charge is 0.371 e. The third-order valence-corrected chi connectivity index (χ3v) is 4.05. The lowest BCUT2D eigenvalue weighted by Crippen LogP contribution is -2.35. The number of hydrogen-bond acceptors (Lipinski definition) is 2. The zero-order valence-corrected chi connectivity index (χ0v) is 11.6. The van der Waals surface area contributed by atoms with Crippen molar-refractivity contribution in [1.82, 2.24) is 5.32 Å². The van der Waals surface area contributed by atoms with E-state index in [2.05, 4.69) is 10.2 Å². The number of piperidine rings is 1. The Morgan fingerprint density at radius 3 is 2.58 bits per heavy atom. The molecular weight excluding hydrogens is 270 g/mol. The number of anilines is 1. The van der Waals surface area contributed by atoms with Crippen LogP contribution >= 0.6 is 12.4 Å². The van der Waals surface area contributed by atoms with Gasteiger partial charge in [0.1, 0.15) is 0 Å². The van der Waals surface area contributed by atoms with Crippen LogP contribution in [0.2, 0.25) is 0 Å². The van der Waals surface area contributed by atoms with Gasteiger partial charge in [-0.1, -0.05) is 0 Å². The Hall–Kier alpha value is -0.870. The highest BCUT2D eigenvalue weighted by molar-refractivity contribution is 5.85. The smallest absolute Gasteiger partial charge is 0.160 e. The second-order valence-electron chi connectivity index (χ2n) is 5.28. The van der Waals surface area contributed by atoms with Gasteiger partial charge in [0, 0.05) is 24.8 Å². The van der Waals surface area contributed by atoms with E-state index >= 15 is 0 Å². The molecule has 106 valence electrons. The minimum Gasteiger partial charge on any atom is -0.371 e. The zero-order valence-electron chi connectivity index (χ0n) is 10.8. The van der Waals surface area contributed by atoms with Crippen molar-refractivity contribution in [2.24, 2.45) is 5.92 Å². The summed E-state index contributed by atoms with van der Waals surface area (Å²) in [5.74, 6) is -0.784. The second-order valence-corrected chi connectivity index (χ2v) is 5.28. The van der Waals surface area contributed by atoms with E-state index in [1.165, 1.54) is 25.0 Å². The van der Waals surface area contributed by atoms with Gasteiger partial charge in [0.15, 0.2) is 11.6 Å². The van der Waals surface area contributed by atoms with Crippen LogP contribution in [0.5, 0.6) is 0 Å². The normalized spacial score (nSPS) is 19.2. The van der Waals surface area contributed by atoms with Crippen molar-refractivity contribution in [2.45, 2.75) is 19.3 Å². The maximum absolute atomic E-state index is 13.3. The van der Waals surface area contributed by atoms with Crippen LogP contribution < -0.4 is 10.2 Å². The molecule has 0 amide bonds. The van der Waals surface area contributed by atoms with E-state index in [0.29, 0.717) is 5.92 Å². The molecule has 0 aromatic heterocycles. The second kappa shape index (κ2) is 6.06. The fourth-order valence-corrected chi connectivity index (χ4v) is 3.01. The number of nitrogens with zero attached hydrogens (tertiary/aromatic N) is 1. The van der Waals surface area contributed by atoms with Crippen LogP contribution in [0.25, 0.3) is 0 Å². The van der Waals surface area contributed by atoms with E-state index in [-0.39, 0.29) is 12.4 Å². The van der Waals surface area contributed by atoms with E-state index in [4.69, 9.17) is 0 Å². The maximum Gasteiger partial charge on any atom is 0.160 e. The Kier molecular flexibility index (Phi) is 4.63. The van der Waals surface area contributed by atoms with Crippen molar-refractivity contribution in [2.75, 3.05) is 31.1 Å². The van der Waals surface area contributed by atoms with E-state index in [9.17, 15) is 8.78 Å². The van der Waals surface area contributed by atoms with Crippen molar-refractivity contribution < 1.29 is 8.78 Å². The molecule has 0 bridgehead atoms. The maximum atomic E-state index is 13.3. The Bertz CT molecular complexity index is 447. The predicted molar refractivity (Wildman–Crippen MR) is 75.1 cm³/mol. The van der Waals surface area contributed by atoms with Gasteiger partial charge in [-0.2, -0.15) is 0 Å². The SMILES string of the molecule is Cl.Fc1cc2c(cc1F)N(CC1CCNCC1)CC2. The van der Waals surface area contributed by atoms with Gasteiger partial charge in [-0.25, -0.2) is 8.78 Å². The molecule has 1 saturated heterocycles. The first-order chi connectivity index (χ1) is 8.74. The summed E-state index contributed by atoms with van der Waals surface area (Å²) in [5, 5.41) is 3.35. The molecule has 0 aliphatic carbocycles. The van der Waals surface area contributed by atoms with E-state index in [0.717, 1.165) is 43.9 Å². The molecular formula is C14H19ClF2N2. The summed E-state index contributed by atoms with van der Waals surface area (Å²) in [6, 6.07) is 2.71. The summed E-state index contributed by atoms with van der Waals surface area (Å²) in [6.45, 7) is 4.01. The van der Waals surface area contributed by atoms with Gasteiger partial charge in [0.25, 0.3) is 0 Å². The Morgan fingerprint density at radius 2 is 1.84 bits per heavy atom. The van der Waals surface area contributed by atoms with Gasteiger partial charge in [-0.05, 0) is 49.9 Å². The van der Waals surface area contributed by atoms with Gasteiger partial charge in [0.2, 0.25) is 0 Å². The number of nitrogens with one attached hydrogen (secondary N) is 1. The van der Waals surface area contributed by atoms with Crippen molar-refractivity contribution in [1.29, 1.82) is 0 Å². The molecule has 0 unspecified atom stereocenters. The molecule has 1 aromatic carbocycles. The van der Waals surface area contributed by atoms with Gasteiger partial charge in [-0.15, -0.1) is 12.4 Å². The highest BCUT2D eigenvalue weighted by Crippen LogP contribution is 2.31. The van der Waals surface area contributed by atoms with E-state index in [1.807, 2.05) is 0 Å². The molecule has 1 N–H and O–H groups in total. The van der Waals surface area contributed by atoms with Crippen molar-refractivity contribution >= 4 is 18.1 Å². The Balaban J connectivity index is 0.00000133. The summed E-state index contributed by atoms with van der Waals surface area (Å²) < 4.78 is 26.5. The lowest BCUT2D eigenvalue weighted by molar-refractivity contribution is 0.375. The molecule has 1 fully saturated rings. The van der Waals surface area contributed by atoms with E-state index in [1.54, 1.807) is 0 Å². The quantitative estimate of drug-likeness (QED) is 0.900. The fraction of sp³-hybridized carbons (Fsp3) is 0.571. The third-order valence-electron chi connectivity index (χ3n) is 4.05. The van der Waals surface area contributed by atoms with Gasteiger partial charge < -0.3 is 10.2 Å². The van der Waals surface area contributed by atoms with Crippen LogP contribution in [0.1, 0.15) is 18.4 Å². The molecule has 3 rings (SSSR count). The summed E-state index contributed by atoms with van der Waals surface area (Å²) in [7, 11) is 0. The third kappa shape index (κ3) is 3.00. The monoisotopic (exact) mass is 288 g/mol. The zero-order chi connectivity index (χ0) is 12.5. The molecule has 2 aliphatic rings. The highest BCUT2D eigenvalue weighted by atomic mass is 35.5. The molecule has 5 heteroatoms. The molecule has 1 aromatic rings. The van der Waals surface area contributed by atoms with E-state index < -0.39 is 11.6 Å². The number of rotatable bonds is 2. The summed E-state index contributed by atoms with van der Waals surface area (Å²) in [5.41, 5.74) is 1.84. The topological polar surface area (TPSA) is 15.3 Å². The van der Waals surface area contributed by atoms with Crippen LogP contribution in [0.15, 0.2) is 12.1 Å². The first kappa shape index (κ1) is 14.5. The number of fused-ring (bicyclic) bond motifs is 1. The van der Waals surface area contributed by atoms with Crippen LogP contribution in [0.4, 0.5) is 14.5 Å². The van der Waals surface area contributed by atoms with Crippen LogP contribution in [-0.2, 0) is 6.42 Å². The first-order valence-electron chi connectivity index (χ1n) is 6.67. The van der Waals surface area contributed by atoms with Crippen molar-refractivity contribution in [3.8, 4) is 0 Å². The molecule has 0 atom stereocenters. The number of halogens is 3. The van der Waals surface area contributed by atoms with Crippen molar-refractivity contribution in [3.05, 3.63) is 29.3 Å². The average molecular weight is 289 g/mol.